The Hall–Kier alpha value is -3.80. The summed E-state index contributed by atoms with van der Waals surface area (Å²) in [5.41, 5.74) is 2.12. The van der Waals surface area contributed by atoms with Gasteiger partial charge in [-0.3, -0.25) is 14.5 Å². The fraction of sp³-hybridized carbons (Fsp3) is 0.120. The highest BCUT2D eigenvalue weighted by molar-refractivity contribution is 6.51. The van der Waals surface area contributed by atoms with E-state index in [0.29, 0.717) is 22.8 Å². The fourth-order valence-corrected chi connectivity index (χ4v) is 3.84. The number of halogens is 2. The predicted molar refractivity (Wildman–Crippen MR) is 113 cm³/mol. The lowest BCUT2D eigenvalue weighted by molar-refractivity contribution is -0.132. The first-order valence-electron chi connectivity index (χ1n) is 9.68. The van der Waals surface area contributed by atoms with Crippen molar-refractivity contribution in [2.45, 2.75) is 19.9 Å². The molecule has 0 aliphatic carbocycles. The molecule has 1 saturated heterocycles. The smallest absolute Gasteiger partial charge is 0.300 e. The third-order valence-corrected chi connectivity index (χ3v) is 5.38. The van der Waals surface area contributed by atoms with E-state index in [1.165, 1.54) is 0 Å². The number of ketones is 1. The number of carbonyl (C=O) groups excluding carboxylic acids is 2. The summed E-state index contributed by atoms with van der Waals surface area (Å²) < 4.78 is 28.1. The summed E-state index contributed by atoms with van der Waals surface area (Å²) in [5.74, 6) is -4.04. The molecule has 4 rings (SSSR count). The molecule has 1 aliphatic heterocycles. The molecule has 1 unspecified atom stereocenters. The molecule has 0 radical (unpaired) electrons. The van der Waals surface area contributed by atoms with E-state index in [2.05, 4.69) is 0 Å². The Kier molecular flexibility index (Phi) is 5.15. The number of carbonyl (C=O) groups is 2. The summed E-state index contributed by atoms with van der Waals surface area (Å²) in [7, 11) is 0. The number of hydrogen-bond donors (Lipinski definition) is 1. The Balaban J connectivity index is 2.00. The van der Waals surface area contributed by atoms with E-state index in [0.717, 1.165) is 22.6 Å². The number of aryl methyl sites for hydroxylation is 2. The van der Waals surface area contributed by atoms with Crippen molar-refractivity contribution in [3.05, 3.63) is 106 Å². The Morgan fingerprint density at radius 3 is 2.32 bits per heavy atom. The number of aliphatic hydroxyl groups is 1. The molecule has 0 spiro atoms. The van der Waals surface area contributed by atoms with Gasteiger partial charge in [-0.1, -0.05) is 48.0 Å². The summed E-state index contributed by atoms with van der Waals surface area (Å²) in [6, 6.07) is 15.7. The third-order valence-electron chi connectivity index (χ3n) is 5.38. The minimum absolute atomic E-state index is 0.145. The summed E-state index contributed by atoms with van der Waals surface area (Å²) in [4.78, 5) is 27.0. The topological polar surface area (TPSA) is 57.6 Å². The zero-order valence-electron chi connectivity index (χ0n) is 16.9. The van der Waals surface area contributed by atoms with Crippen molar-refractivity contribution in [1.82, 2.24) is 0 Å². The molecule has 0 saturated carbocycles. The van der Waals surface area contributed by atoms with Crippen molar-refractivity contribution < 1.29 is 23.5 Å². The van der Waals surface area contributed by atoms with E-state index in [1.807, 2.05) is 13.0 Å². The molecule has 3 aromatic carbocycles. The first-order chi connectivity index (χ1) is 14.8. The molecule has 4 nitrogen and oxygen atoms in total. The van der Waals surface area contributed by atoms with Gasteiger partial charge in [0.05, 0.1) is 17.3 Å². The molecule has 31 heavy (non-hydrogen) atoms. The Labute approximate surface area is 178 Å². The average Bonchev–Trinajstić information content (AvgIpc) is 3.01. The number of anilines is 1. The van der Waals surface area contributed by atoms with Gasteiger partial charge < -0.3 is 5.11 Å². The van der Waals surface area contributed by atoms with Gasteiger partial charge in [0.25, 0.3) is 11.7 Å². The van der Waals surface area contributed by atoms with Gasteiger partial charge in [0.15, 0.2) is 0 Å². The van der Waals surface area contributed by atoms with Crippen LogP contribution in [0.1, 0.15) is 28.3 Å². The van der Waals surface area contributed by atoms with Gasteiger partial charge in [0, 0.05) is 11.6 Å². The number of Topliss-reactive ketones (excluding diaryl/α,β-unsaturated/α-hetero) is 1. The van der Waals surface area contributed by atoms with Crippen LogP contribution in [-0.4, -0.2) is 16.8 Å². The highest BCUT2D eigenvalue weighted by Crippen LogP contribution is 2.43. The van der Waals surface area contributed by atoms with Gasteiger partial charge >= 0.3 is 0 Å². The van der Waals surface area contributed by atoms with E-state index in [4.69, 9.17) is 0 Å². The predicted octanol–water partition coefficient (Wildman–Crippen LogP) is 5.21. The van der Waals surface area contributed by atoms with Crippen molar-refractivity contribution >= 4 is 23.1 Å². The van der Waals surface area contributed by atoms with Crippen LogP contribution in [-0.2, 0) is 9.59 Å². The normalized spacial score (nSPS) is 17.9. The van der Waals surface area contributed by atoms with Gasteiger partial charge in [-0.05, 0) is 43.2 Å². The lowest BCUT2D eigenvalue weighted by atomic mass is 9.93. The number of nitrogens with zero attached hydrogens (tertiary/aromatic N) is 1. The number of aliphatic hydroxyl groups excluding tert-OH is 1. The molecule has 1 atom stereocenters. The standard InChI is InChI=1S/C25H19F2NO3/c1-14-8-9-15(2)18(12-14)23(29)21-22(16-6-4-3-5-7-16)28(25(31)24(21)30)20-11-10-17(26)13-19(20)27/h3-13,22,29H,1-2H3/b23-21+. The monoisotopic (exact) mass is 419 g/mol. The van der Waals surface area contributed by atoms with Crippen LogP contribution in [0, 0.1) is 25.5 Å². The van der Waals surface area contributed by atoms with Crippen LogP contribution in [0.4, 0.5) is 14.5 Å². The summed E-state index contributed by atoms with van der Waals surface area (Å²) >= 11 is 0. The second-order valence-electron chi connectivity index (χ2n) is 7.49. The Bertz CT molecular complexity index is 1230. The van der Waals surface area contributed by atoms with E-state index >= 15 is 0 Å². The molecule has 1 heterocycles. The van der Waals surface area contributed by atoms with Crippen LogP contribution in [0.3, 0.4) is 0 Å². The van der Waals surface area contributed by atoms with Crippen LogP contribution in [0.5, 0.6) is 0 Å². The number of hydrogen-bond acceptors (Lipinski definition) is 3. The number of amides is 1. The number of benzene rings is 3. The maximum absolute atomic E-state index is 14.6. The first-order valence-corrected chi connectivity index (χ1v) is 9.68. The van der Waals surface area contributed by atoms with Crippen molar-refractivity contribution in [2.24, 2.45) is 0 Å². The summed E-state index contributed by atoms with van der Waals surface area (Å²) in [6.45, 7) is 3.62. The molecule has 1 aliphatic rings. The fourth-order valence-electron chi connectivity index (χ4n) is 3.84. The van der Waals surface area contributed by atoms with Crippen LogP contribution >= 0.6 is 0 Å². The highest BCUT2D eigenvalue weighted by atomic mass is 19.1. The minimum Gasteiger partial charge on any atom is -0.507 e. The van der Waals surface area contributed by atoms with Gasteiger partial charge in [-0.2, -0.15) is 0 Å². The van der Waals surface area contributed by atoms with E-state index in [1.54, 1.807) is 49.4 Å². The third kappa shape index (κ3) is 3.50. The van der Waals surface area contributed by atoms with E-state index < -0.39 is 29.4 Å². The highest BCUT2D eigenvalue weighted by Gasteiger charge is 2.47. The average molecular weight is 419 g/mol. The molecule has 156 valence electrons. The first kappa shape index (κ1) is 20.5. The van der Waals surface area contributed by atoms with Gasteiger partial charge in [0.2, 0.25) is 0 Å². The molecule has 1 N–H and O–H groups in total. The van der Waals surface area contributed by atoms with Crippen molar-refractivity contribution in [1.29, 1.82) is 0 Å². The van der Waals surface area contributed by atoms with Crippen LogP contribution < -0.4 is 4.90 Å². The molecular weight excluding hydrogens is 400 g/mol. The minimum atomic E-state index is -1.07. The molecule has 3 aromatic rings. The molecule has 0 bridgehead atoms. The van der Waals surface area contributed by atoms with Gasteiger partial charge in [-0.15, -0.1) is 0 Å². The van der Waals surface area contributed by atoms with Crippen LogP contribution in [0.25, 0.3) is 5.76 Å². The summed E-state index contributed by atoms with van der Waals surface area (Å²) in [6.07, 6.45) is 0. The quantitative estimate of drug-likeness (QED) is 0.360. The summed E-state index contributed by atoms with van der Waals surface area (Å²) in [5, 5.41) is 11.1. The van der Waals surface area contributed by atoms with Gasteiger partial charge in [0.1, 0.15) is 17.4 Å². The lowest BCUT2D eigenvalue weighted by Crippen LogP contribution is -2.30. The zero-order chi connectivity index (χ0) is 22.3. The molecule has 1 amide bonds. The SMILES string of the molecule is Cc1ccc(C)c(/C(O)=C2\C(=O)C(=O)N(c3ccc(F)cc3F)C2c2ccccc2)c1. The van der Waals surface area contributed by atoms with Crippen molar-refractivity contribution in [3.8, 4) is 0 Å². The second-order valence-corrected chi connectivity index (χ2v) is 7.49. The molecule has 0 aromatic heterocycles. The van der Waals surface area contributed by atoms with Crippen molar-refractivity contribution in [3.63, 3.8) is 0 Å². The van der Waals surface area contributed by atoms with Crippen LogP contribution in [0.2, 0.25) is 0 Å². The second kappa shape index (κ2) is 7.80. The van der Waals surface area contributed by atoms with E-state index in [9.17, 15) is 23.5 Å². The zero-order valence-corrected chi connectivity index (χ0v) is 16.9. The van der Waals surface area contributed by atoms with E-state index in [-0.39, 0.29) is 17.0 Å². The Morgan fingerprint density at radius 2 is 1.65 bits per heavy atom. The molecule has 1 fully saturated rings. The largest absolute Gasteiger partial charge is 0.507 e. The maximum atomic E-state index is 14.6. The molecular formula is C25H19F2NO3. The van der Waals surface area contributed by atoms with Crippen molar-refractivity contribution in [2.75, 3.05) is 4.90 Å². The van der Waals surface area contributed by atoms with Gasteiger partial charge in [-0.25, -0.2) is 8.78 Å². The Morgan fingerprint density at radius 1 is 0.935 bits per heavy atom. The maximum Gasteiger partial charge on any atom is 0.300 e. The number of rotatable bonds is 3. The van der Waals surface area contributed by atoms with Crippen LogP contribution in [0.15, 0.2) is 72.3 Å². The molecule has 6 heteroatoms. The lowest BCUT2D eigenvalue weighted by Gasteiger charge is -2.26.